The summed E-state index contributed by atoms with van der Waals surface area (Å²) in [7, 11) is 0. The van der Waals surface area contributed by atoms with Crippen LogP contribution in [0, 0.1) is 5.92 Å². The number of ether oxygens (including phenoxy) is 3. The van der Waals surface area contributed by atoms with Crippen molar-refractivity contribution in [3.05, 3.63) is 0 Å². The summed E-state index contributed by atoms with van der Waals surface area (Å²) in [5.74, 6) is 0.837. The van der Waals surface area contributed by atoms with Gasteiger partial charge < -0.3 is 19.5 Å². The molecule has 4 heteroatoms. The van der Waals surface area contributed by atoms with Crippen molar-refractivity contribution in [2.24, 2.45) is 5.92 Å². The fourth-order valence-corrected chi connectivity index (χ4v) is 4.02. The molecule has 1 spiro atoms. The monoisotopic (exact) mass is 267 g/mol. The molecule has 4 unspecified atom stereocenters. The molecule has 0 amide bonds. The molecule has 3 saturated heterocycles. The van der Waals surface area contributed by atoms with Gasteiger partial charge in [-0.05, 0) is 38.0 Å². The molecule has 0 bridgehead atoms. The molecule has 4 atom stereocenters. The molecule has 108 valence electrons. The molecule has 0 radical (unpaired) electrons. The summed E-state index contributed by atoms with van der Waals surface area (Å²) in [5, 5.41) is 3.88. The number of nitrogens with one attached hydrogen (secondary N) is 1. The first-order chi connectivity index (χ1) is 9.35. The number of hydrogen-bond donors (Lipinski definition) is 1. The fraction of sp³-hybridized carbons (Fsp3) is 1.00. The van der Waals surface area contributed by atoms with Gasteiger partial charge in [0.1, 0.15) is 0 Å². The van der Waals surface area contributed by atoms with Crippen LogP contribution in [0.3, 0.4) is 0 Å². The van der Waals surface area contributed by atoms with E-state index in [1.165, 1.54) is 19.3 Å². The Bertz CT molecular complexity index is 325. The van der Waals surface area contributed by atoms with Crippen LogP contribution in [0.15, 0.2) is 0 Å². The van der Waals surface area contributed by atoms with E-state index in [1.807, 2.05) is 0 Å². The Morgan fingerprint density at radius 2 is 1.95 bits per heavy atom. The van der Waals surface area contributed by atoms with E-state index in [9.17, 15) is 0 Å². The molecule has 0 aromatic rings. The molecule has 4 aliphatic rings. The molecular weight excluding hydrogens is 242 g/mol. The molecule has 4 nitrogen and oxygen atoms in total. The molecule has 0 aromatic heterocycles. The molecule has 19 heavy (non-hydrogen) atoms. The summed E-state index contributed by atoms with van der Waals surface area (Å²) >= 11 is 0. The second-order valence-corrected chi connectivity index (χ2v) is 6.76. The van der Waals surface area contributed by atoms with Crippen molar-refractivity contribution in [3.8, 4) is 0 Å². The van der Waals surface area contributed by atoms with Gasteiger partial charge in [-0.3, -0.25) is 0 Å². The predicted octanol–water partition coefficient (Wildman–Crippen LogP) is 1.48. The first-order valence-electron chi connectivity index (χ1n) is 7.94. The maximum atomic E-state index is 6.01. The molecule has 1 aliphatic carbocycles. The van der Waals surface area contributed by atoms with Crippen LogP contribution >= 0.6 is 0 Å². The second kappa shape index (κ2) is 4.99. The maximum Gasteiger partial charge on any atom is 0.0951 e. The summed E-state index contributed by atoms with van der Waals surface area (Å²) in [6.45, 7) is 3.47. The molecule has 3 heterocycles. The van der Waals surface area contributed by atoms with Crippen molar-refractivity contribution in [1.29, 1.82) is 0 Å². The zero-order valence-corrected chi connectivity index (χ0v) is 11.6. The van der Waals surface area contributed by atoms with Gasteiger partial charge in [0.2, 0.25) is 0 Å². The number of rotatable bonds is 3. The Balaban J connectivity index is 1.36. The predicted molar refractivity (Wildman–Crippen MR) is 71.1 cm³/mol. The largest absolute Gasteiger partial charge is 0.378 e. The molecule has 4 fully saturated rings. The van der Waals surface area contributed by atoms with Gasteiger partial charge in [0.15, 0.2) is 0 Å². The SMILES string of the molecule is C1CC2(CO1)CC(NC1CCOC1C1CC1)CCO2. The molecule has 1 saturated carbocycles. The average molecular weight is 267 g/mol. The van der Waals surface area contributed by atoms with Crippen molar-refractivity contribution in [1.82, 2.24) is 5.32 Å². The van der Waals surface area contributed by atoms with Crippen LogP contribution in [-0.2, 0) is 14.2 Å². The lowest BCUT2D eigenvalue weighted by atomic mass is 9.89. The van der Waals surface area contributed by atoms with Crippen LogP contribution in [0.25, 0.3) is 0 Å². The Morgan fingerprint density at radius 3 is 2.74 bits per heavy atom. The summed E-state index contributed by atoms with van der Waals surface area (Å²) < 4.78 is 17.5. The highest BCUT2D eigenvalue weighted by molar-refractivity contribution is 4.98. The topological polar surface area (TPSA) is 39.7 Å². The van der Waals surface area contributed by atoms with Gasteiger partial charge in [0.05, 0.1) is 18.3 Å². The van der Waals surface area contributed by atoms with E-state index in [-0.39, 0.29) is 5.60 Å². The first-order valence-corrected chi connectivity index (χ1v) is 7.94. The van der Waals surface area contributed by atoms with Gasteiger partial charge in [-0.1, -0.05) is 0 Å². The van der Waals surface area contributed by atoms with Crippen LogP contribution in [0.4, 0.5) is 0 Å². The van der Waals surface area contributed by atoms with Crippen molar-refractivity contribution in [2.45, 2.75) is 62.3 Å². The van der Waals surface area contributed by atoms with E-state index < -0.39 is 0 Å². The summed E-state index contributed by atoms with van der Waals surface area (Å²) in [4.78, 5) is 0. The third kappa shape index (κ3) is 2.56. The van der Waals surface area contributed by atoms with Crippen LogP contribution in [-0.4, -0.2) is 50.2 Å². The van der Waals surface area contributed by atoms with E-state index in [2.05, 4.69) is 5.32 Å². The molecule has 3 aliphatic heterocycles. The van der Waals surface area contributed by atoms with E-state index >= 15 is 0 Å². The van der Waals surface area contributed by atoms with E-state index in [0.29, 0.717) is 18.2 Å². The van der Waals surface area contributed by atoms with Crippen LogP contribution < -0.4 is 5.32 Å². The summed E-state index contributed by atoms with van der Waals surface area (Å²) in [6, 6.07) is 1.17. The van der Waals surface area contributed by atoms with Crippen molar-refractivity contribution < 1.29 is 14.2 Å². The first kappa shape index (κ1) is 12.6. The quantitative estimate of drug-likeness (QED) is 0.841. The molecule has 4 rings (SSSR count). The fourth-order valence-electron chi connectivity index (χ4n) is 4.02. The van der Waals surface area contributed by atoms with Gasteiger partial charge in [0.25, 0.3) is 0 Å². The van der Waals surface area contributed by atoms with E-state index in [4.69, 9.17) is 14.2 Å². The normalized spacial score (nSPS) is 47.1. The average Bonchev–Trinajstić information content (AvgIpc) is 3.01. The minimum absolute atomic E-state index is 0.0183. The Morgan fingerprint density at radius 1 is 1.00 bits per heavy atom. The van der Waals surface area contributed by atoms with E-state index in [0.717, 1.165) is 51.6 Å². The third-order valence-corrected chi connectivity index (χ3v) is 5.23. The highest BCUT2D eigenvalue weighted by atomic mass is 16.6. The molecule has 0 aromatic carbocycles. The second-order valence-electron chi connectivity index (χ2n) is 6.76. The zero-order chi connectivity index (χ0) is 12.7. The lowest BCUT2D eigenvalue weighted by molar-refractivity contribution is -0.0912. The summed E-state index contributed by atoms with van der Waals surface area (Å²) in [5.41, 5.74) is 0.0183. The lowest BCUT2D eigenvalue weighted by Crippen LogP contribution is -2.52. The van der Waals surface area contributed by atoms with Gasteiger partial charge in [-0.15, -0.1) is 0 Å². The molecule has 1 N–H and O–H groups in total. The minimum Gasteiger partial charge on any atom is -0.378 e. The highest BCUT2D eigenvalue weighted by Crippen LogP contribution is 2.39. The standard InChI is InChI=1S/C15H25NO3/c1-2-11(1)14-13(4-6-18-14)16-12-3-7-19-15(9-12)5-8-17-10-15/h11-14,16H,1-10H2. The summed E-state index contributed by atoms with van der Waals surface area (Å²) in [6.07, 6.45) is 7.72. The van der Waals surface area contributed by atoms with Crippen LogP contribution in [0.1, 0.15) is 38.5 Å². The third-order valence-electron chi connectivity index (χ3n) is 5.23. The van der Waals surface area contributed by atoms with Crippen LogP contribution in [0.2, 0.25) is 0 Å². The van der Waals surface area contributed by atoms with Crippen molar-refractivity contribution in [3.63, 3.8) is 0 Å². The highest BCUT2D eigenvalue weighted by Gasteiger charge is 2.44. The molecular formula is C15H25NO3. The van der Waals surface area contributed by atoms with E-state index in [1.54, 1.807) is 0 Å². The Labute approximate surface area is 115 Å². The Hall–Kier alpha value is -0.160. The van der Waals surface area contributed by atoms with Crippen molar-refractivity contribution >= 4 is 0 Å². The maximum absolute atomic E-state index is 6.01. The van der Waals surface area contributed by atoms with Gasteiger partial charge in [-0.25, -0.2) is 0 Å². The number of hydrogen-bond acceptors (Lipinski definition) is 4. The Kier molecular flexibility index (Phi) is 3.30. The minimum atomic E-state index is 0.0183. The van der Waals surface area contributed by atoms with Crippen molar-refractivity contribution in [2.75, 3.05) is 26.4 Å². The van der Waals surface area contributed by atoms with Gasteiger partial charge >= 0.3 is 0 Å². The zero-order valence-electron chi connectivity index (χ0n) is 11.6. The van der Waals surface area contributed by atoms with Crippen LogP contribution in [0.5, 0.6) is 0 Å². The lowest BCUT2D eigenvalue weighted by Gasteiger charge is -2.39. The smallest absolute Gasteiger partial charge is 0.0951 e. The van der Waals surface area contributed by atoms with Gasteiger partial charge in [0, 0.05) is 38.3 Å². The van der Waals surface area contributed by atoms with Gasteiger partial charge in [-0.2, -0.15) is 0 Å².